The third-order valence-corrected chi connectivity index (χ3v) is 9.12. The molecule has 274 valence electrons. The van der Waals surface area contributed by atoms with Crippen molar-refractivity contribution >= 4 is 19.8 Å². The van der Waals surface area contributed by atoms with Gasteiger partial charge in [-0.25, -0.2) is 4.57 Å². The molecule has 46 heavy (non-hydrogen) atoms. The van der Waals surface area contributed by atoms with Crippen LogP contribution in [-0.4, -0.2) is 74.9 Å². The minimum Gasteiger partial charge on any atom is -0.462 e. The second kappa shape index (κ2) is 30.1. The zero-order chi connectivity index (χ0) is 34.4. The van der Waals surface area contributed by atoms with Gasteiger partial charge in [0.25, 0.3) is 0 Å². The molecule has 0 rings (SSSR count). The Morgan fingerprint density at radius 1 is 0.587 bits per heavy atom. The van der Waals surface area contributed by atoms with Crippen molar-refractivity contribution in [3.05, 3.63) is 0 Å². The van der Waals surface area contributed by atoms with E-state index in [1.807, 2.05) is 21.1 Å². The van der Waals surface area contributed by atoms with Gasteiger partial charge in [-0.1, -0.05) is 142 Å². The highest BCUT2D eigenvalue weighted by atomic mass is 31.2. The number of phosphoric acid groups is 1. The van der Waals surface area contributed by atoms with Gasteiger partial charge in [0.05, 0.1) is 27.7 Å². The zero-order valence-electron chi connectivity index (χ0n) is 30.6. The summed E-state index contributed by atoms with van der Waals surface area (Å²) in [4.78, 5) is 35.0. The molecule has 10 heteroatoms. The Morgan fingerprint density at radius 3 is 1.39 bits per heavy atom. The summed E-state index contributed by atoms with van der Waals surface area (Å²) in [6.07, 6.45) is 25.9. The molecule has 1 N–H and O–H groups in total. The number of quaternary nitrogens is 1. The van der Waals surface area contributed by atoms with Crippen LogP contribution in [0.25, 0.3) is 0 Å². The summed E-state index contributed by atoms with van der Waals surface area (Å²) in [5, 5.41) is 0. The number of esters is 2. The lowest BCUT2D eigenvalue weighted by Crippen LogP contribution is -2.37. The number of hydrogen-bond donors (Lipinski definition) is 1. The normalized spacial score (nSPS) is 13.8. The Morgan fingerprint density at radius 2 is 0.978 bits per heavy atom. The summed E-state index contributed by atoms with van der Waals surface area (Å²) < 4.78 is 34.0. The quantitative estimate of drug-likeness (QED) is 0.0310. The van der Waals surface area contributed by atoms with E-state index in [1.54, 1.807) is 0 Å². The van der Waals surface area contributed by atoms with Gasteiger partial charge >= 0.3 is 19.8 Å². The summed E-state index contributed by atoms with van der Waals surface area (Å²) in [6.45, 7) is 4.38. The van der Waals surface area contributed by atoms with Crippen LogP contribution in [0.5, 0.6) is 0 Å². The monoisotopic (exact) mass is 679 g/mol. The van der Waals surface area contributed by atoms with Gasteiger partial charge in [-0.2, -0.15) is 0 Å². The highest BCUT2D eigenvalue weighted by Gasteiger charge is 2.27. The smallest absolute Gasteiger partial charge is 0.462 e. The van der Waals surface area contributed by atoms with Crippen LogP contribution in [0.4, 0.5) is 0 Å². The molecule has 0 aliphatic heterocycles. The van der Waals surface area contributed by atoms with E-state index < -0.39 is 26.5 Å². The van der Waals surface area contributed by atoms with Gasteiger partial charge in [0.2, 0.25) is 0 Å². The Kier molecular flexibility index (Phi) is 29.4. The SMILES string of the molecule is CCCCCCCCCCCCCCCCCC(=O)OC(COC(=O)CCCCCCCCC)COP(=O)(O)OCC[N+](C)(C)C. The highest BCUT2D eigenvalue weighted by Crippen LogP contribution is 2.43. The lowest BCUT2D eigenvalue weighted by Gasteiger charge is -2.24. The first-order valence-corrected chi connectivity index (χ1v) is 20.3. The molecule has 0 aliphatic carbocycles. The van der Waals surface area contributed by atoms with Gasteiger partial charge in [0.1, 0.15) is 19.8 Å². The van der Waals surface area contributed by atoms with Crippen LogP contribution in [-0.2, 0) is 32.7 Å². The minimum absolute atomic E-state index is 0.0361. The average Bonchev–Trinajstić information content (AvgIpc) is 2.99. The molecule has 0 amide bonds. The van der Waals surface area contributed by atoms with E-state index in [4.69, 9.17) is 18.5 Å². The van der Waals surface area contributed by atoms with Gasteiger partial charge in [-0.05, 0) is 12.8 Å². The molecule has 0 fully saturated rings. The van der Waals surface area contributed by atoms with Crippen molar-refractivity contribution in [2.24, 2.45) is 0 Å². The van der Waals surface area contributed by atoms with Gasteiger partial charge < -0.3 is 18.9 Å². The third kappa shape index (κ3) is 32.9. The van der Waals surface area contributed by atoms with E-state index in [0.29, 0.717) is 17.4 Å². The van der Waals surface area contributed by atoms with Crippen molar-refractivity contribution in [3.63, 3.8) is 0 Å². The molecule has 0 aromatic rings. The van der Waals surface area contributed by atoms with E-state index >= 15 is 0 Å². The fourth-order valence-electron chi connectivity index (χ4n) is 5.13. The molecule has 0 bridgehead atoms. The summed E-state index contributed by atoms with van der Waals surface area (Å²) in [6, 6.07) is 0. The summed E-state index contributed by atoms with van der Waals surface area (Å²) in [7, 11) is 1.49. The Balaban J connectivity index is 4.35. The number of phosphoric ester groups is 1. The molecule has 9 nitrogen and oxygen atoms in total. The van der Waals surface area contributed by atoms with Crippen LogP contribution in [0.15, 0.2) is 0 Å². The standard InChI is InChI=1S/C36H72NO8P/c1-6-8-10-12-14-15-16-17-18-19-20-21-23-25-27-29-36(39)45-34(33-44-46(40,41)43-31-30-37(3,4)5)32-42-35(38)28-26-24-22-13-11-9-7-2/h34H,6-33H2,1-5H3/p+1. The fourth-order valence-corrected chi connectivity index (χ4v) is 5.87. The van der Waals surface area contributed by atoms with Crippen LogP contribution in [0.1, 0.15) is 168 Å². The molecule has 0 aromatic carbocycles. The van der Waals surface area contributed by atoms with E-state index in [1.165, 1.54) is 103 Å². The van der Waals surface area contributed by atoms with Crippen molar-refractivity contribution in [2.45, 2.75) is 174 Å². The Labute approximate surface area is 283 Å². The largest absolute Gasteiger partial charge is 0.472 e. The van der Waals surface area contributed by atoms with Crippen molar-refractivity contribution in [1.82, 2.24) is 0 Å². The zero-order valence-corrected chi connectivity index (χ0v) is 31.5. The van der Waals surface area contributed by atoms with Crippen LogP contribution in [0, 0.1) is 0 Å². The maximum Gasteiger partial charge on any atom is 0.472 e. The van der Waals surface area contributed by atoms with Gasteiger partial charge in [-0.3, -0.25) is 18.6 Å². The van der Waals surface area contributed by atoms with E-state index in [9.17, 15) is 19.0 Å². The molecule has 0 aromatic heterocycles. The Hall–Kier alpha value is -0.990. The van der Waals surface area contributed by atoms with E-state index in [-0.39, 0.29) is 25.6 Å². The number of carbonyl (C=O) groups is 2. The van der Waals surface area contributed by atoms with Crippen molar-refractivity contribution in [2.75, 3.05) is 47.5 Å². The number of ether oxygens (including phenoxy) is 2. The summed E-state index contributed by atoms with van der Waals surface area (Å²) in [5.74, 6) is -0.798. The molecular weight excluding hydrogens is 605 g/mol. The molecule has 2 atom stereocenters. The lowest BCUT2D eigenvalue weighted by atomic mass is 10.0. The molecule has 0 radical (unpaired) electrons. The first-order chi connectivity index (χ1) is 22.0. The number of hydrogen-bond acceptors (Lipinski definition) is 7. The predicted molar refractivity (Wildman–Crippen MR) is 188 cm³/mol. The first kappa shape index (κ1) is 45.0. The lowest BCUT2D eigenvalue weighted by molar-refractivity contribution is -0.870. The molecule has 0 saturated heterocycles. The molecule has 2 unspecified atom stereocenters. The van der Waals surface area contributed by atoms with E-state index in [2.05, 4.69) is 13.8 Å². The molecule has 0 spiro atoms. The van der Waals surface area contributed by atoms with Crippen molar-refractivity contribution < 1.29 is 42.1 Å². The molecule has 0 heterocycles. The number of nitrogens with zero attached hydrogens (tertiary/aromatic N) is 1. The summed E-state index contributed by atoms with van der Waals surface area (Å²) in [5.41, 5.74) is 0. The number of carbonyl (C=O) groups excluding carboxylic acids is 2. The van der Waals surface area contributed by atoms with Crippen LogP contribution < -0.4 is 0 Å². The Bertz CT molecular complexity index is 774. The molecule has 0 aliphatic rings. The topological polar surface area (TPSA) is 108 Å². The van der Waals surface area contributed by atoms with Crippen molar-refractivity contribution in [3.8, 4) is 0 Å². The summed E-state index contributed by atoms with van der Waals surface area (Å²) >= 11 is 0. The van der Waals surface area contributed by atoms with Gasteiger partial charge in [-0.15, -0.1) is 0 Å². The van der Waals surface area contributed by atoms with Crippen LogP contribution >= 0.6 is 7.82 Å². The molecular formula is C36H73NO8P+. The number of rotatable bonds is 34. The first-order valence-electron chi connectivity index (χ1n) is 18.8. The molecule has 0 saturated carbocycles. The highest BCUT2D eigenvalue weighted by molar-refractivity contribution is 7.47. The number of likely N-dealkylation sites (N-methyl/N-ethyl adjacent to an activating group) is 1. The maximum atomic E-state index is 12.6. The predicted octanol–water partition coefficient (Wildman–Crippen LogP) is 9.68. The maximum absolute atomic E-state index is 12.6. The minimum atomic E-state index is -4.35. The van der Waals surface area contributed by atoms with Crippen LogP contribution in [0.3, 0.4) is 0 Å². The third-order valence-electron chi connectivity index (χ3n) is 8.14. The van der Waals surface area contributed by atoms with Crippen molar-refractivity contribution in [1.29, 1.82) is 0 Å². The number of unbranched alkanes of at least 4 members (excludes halogenated alkanes) is 20. The second-order valence-electron chi connectivity index (χ2n) is 14.0. The van der Waals surface area contributed by atoms with E-state index in [0.717, 1.165) is 38.5 Å². The average molecular weight is 679 g/mol. The van der Waals surface area contributed by atoms with Crippen LogP contribution in [0.2, 0.25) is 0 Å². The van der Waals surface area contributed by atoms with Gasteiger partial charge in [0.15, 0.2) is 6.10 Å². The second-order valence-corrected chi connectivity index (χ2v) is 15.4. The van der Waals surface area contributed by atoms with Gasteiger partial charge in [0, 0.05) is 12.8 Å². The fraction of sp³-hybridized carbons (Fsp3) is 0.944.